The molecule has 5 heteroatoms. The Bertz CT molecular complexity index is 719. The van der Waals surface area contributed by atoms with Gasteiger partial charge in [0, 0.05) is 0 Å². The van der Waals surface area contributed by atoms with Gasteiger partial charge in [-0.2, -0.15) is 0 Å². The number of hydrogen-bond acceptors (Lipinski definition) is 5. The van der Waals surface area contributed by atoms with Gasteiger partial charge in [0.25, 0.3) is 0 Å². The van der Waals surface area contributed by atoms with Crippen LogP contribution in [0.2, 0.25) is 0 Å². The van der Waals surface area contributed by atoms with E-state index in [0.29, 0.717) is 35.5 Å². The molecule has 5 rings (SSSR count). The molecule has 5 saturated carbocycles. The highest BCUT2D eigenvalue weighted by atomic mass is 16.7. The van der Waals surface area contributed by atoms with Gasteiger partial charge in [-0.05, 0) is 105 Å². The summed E-state index contributed by atoms with van der Waals surface area (Å²) in [5.74, 6) is 5.50. The summed E-state index contributed by atoms with van der Waals surface area (Å²) < 4.78 is 17.2. The number of carbonyl (C=O) groups is 2. The average molecular weight is 461 g/mol. The molecule has 0 heterocycles. The summed E-state index contributed by atoms with van der Waals surface area (Å²) in [5, 5.41) is 0. The minimum atomic E-state index is -0.0743. The van der Waals surface area contributed by atoms with Gasteiger partial charge in [-0.1, -0.05) is 27.2 Å². The molecule has 4 bridgehead atoms. The first-order valence-corrected chi connectivity index (χ1v) is 13.9. The van der Waals surface area contributed by atoms with Crippen molar-refractivity contribution in [2.24, 2.45) is 59.2 Å². The van der Waals surface area contributed by atoms with E-state index in [4.69, 9.17) is 14.2 Å². The first-order chi connectivity index (χ1) is 15.9. The molecule has 10 atom stereocenters. The van der Waals surface area contributed by atoms with Crippen molar-refractivity contribution in [2.45, 2.75) is 91.1 Å². The summed E-state index contributed by atoms with van der Waals surface area (Å²) in [6.45, 7) is 6.82. The fraction of sp³-hybridized carbons (Fsp3) is 0.929. The van der Waals surface area contributed by atoms with Crippen molar-refractivity contribution in [1.82, 2.24) is 0 Å². The molecule has 0 spiro atoms. The quantitative estimate of drug-likeness (QED) is 0.241. The van der Waals surface area contributed by atoms with E-state index in [0.717, 1.165) is 37.7 Å². The number of fused-ring (bicyclic) bond motifs is 7. The first kappa shape index (κ1) is 23.6. The Hall–Kier alpha value is -1.10. The summed E-state index contributed by atoms with van der Waals surface area (Å²) in [6.07, 6.45) is 12.0. The van der Waals surface area contributed by atoms with Crippen molar-refractivity contribution in [3.8, 4) is 0 Å². The van der Waals surface area contributed by atoms with Gasteiger partial charge >= 0.3 is 11.9 Å². The highest BCUT2D eigenvalue weighted by Gasteiger charge is 2.59. The number of ether oxygens (including phenoxy) is 3. The number of rotatable bonds is 10. The molecule has 186 valence electrons. The minimum Gasteiger partial charge on any atom is -0.462 e. The van der Waals surface area contributed by atoms with Gasteiger partial charge in [-0.25, -0.2) is 0 Å². The molecule has 0 saturated heterocycles. The topological polar surface area (TPSA) is 61.8 Å². The third-order valence-corrected chi connectivity index (χ3v) is 10.2. The monoisotopic (exact) mass is 460 g/mol. The average Bonchev–Trinajstić information content (AvgIpc) is 3.61. The van der Waals surface area contributed by atoms with E-state index < -0.39 is 0 Å². The molecule has 0 aromatic heterocycles. The molecule has 10 unspecified atom stereocenters. The summed E-state index contributed by atoms with van der Waals surface area (Å²) in [4.78, 5) is 25.0. The predicted octanol–water partition coefficient (Wildman–Crippen LogP) is 5.61. The van der Waals surface area contributed by atoms with Crippen molar-refractivity contribution in [3.63, 3.8) is 0 Å². The van der Waals surface area contributed by atoms with Gasteiger partial charge < -0.3 is 14.2 Å². The SMILES string of the molecule is CCC(CC1CCC2C3CC(CC3C(=O)OCOCC3CC4CCC3C4)C12)OC(=O)C(C)C. The fourth-order valence-electron chi connectivity index (χ4n) is 8.74. The zero-order chi connectivity index (χ0) is 23.1. The maximum atomic E-state index is 12.9. The molecule has 0 aliphatic heterocycles. The second kappa shape index (κ2) is 9.87. The smallest absolute Gasteiger partial charge is 0.311 e. The van der Waals surface area contributed by atoms with Crippen LogP contribution in [0.4, 0.5) is 0 Å². The van der Waals surface area contributed by atoms with Crippen LogP contribution < -0.4 is 0 Å². The van der Waals surface area contributed by atoms with Gasteiger partial charge in [-0.3, -0.25) is 9.59 Å². The molecular weight excluding hydrogens is 416 g/mol. The minimum absolute atomic E-state index is 0.0189. The number of hydrogen-bond donors (Lipinski definition) is 0. The molecule has 0 radical (unpaired) electrons. The van der Waals surface area contributed by atoms with Crippen molar-refractivity contribution in [3.05, 3.63) is 0 Å². The van der Waals surface area contributed by atoms with Crippen LogP contribution in [0.3, 0.4) is 0 Å². The van der Waals surface area contributed by atoms with Gasteiger partial charge in [-0.15, -0.1) is 0 Å². The molecule has 5 nitrogen and oxygen atoms in total. The summed E-state index contributed by atoms with van der Waals surface area (Å²) in [6, 6.07) is 0. The summed E-state index contributed by atoms with van der Waals surface area (Å²) >= 11 is 0. The Labute approximate surface area is 199 Å². The van der Waals surface area contributed by atoms with Gasteiger partial charge in [0.05, 0.1) is 18.4 Å². The van der Waals surface area contributed by atoms with Crippen LogP contribution in [0.1, 0.15) is 85.0 Å². The van der Waals surface area contributed by atoms with Crippen LogP contribution in [-0.4, -0.2) is 31.4 Å². The van der Waals surface area contributed by atoms with Crippen LogP contribution in [0.15, 0.2) is 0 Å². The fourth-order valence-corrected chi connectivity index (χ4v) is 8.74. The van der Waals surface area contributed by atoms with Gasteiger partial charge in [0.1, 0.15) is 6.10 Å². The summed E-state index contributed by atoms with van der Waals surface area (Å²) in [7, 11) is 0. The zero-order valence-electron chi connectivity index (χ0n) is 20.9. The van der Waals surface area contributed by atoms with Crippen LogP contribution in [0.25, 0.3) is 0 Å². The molecule has 5 aliphatic rings. The van der Waals surface area contributed by atoms with Crippen LogP contribution in [0, 0.1) is 59.2 Å². The second-order valence-electron chi connectivity index (χ2n) is 12.3. The van der Waals surface area contributed by atoms with Crippen LogP contribution >= 0.6 is 0 Å². The van der Waals surface area contributed by atoms with E-state index >= 15 is 0 Å². The largest absolute Gasteiger partial charge is 0.462 e. The number of carbonyl (C=O) groups excluding carboxylic acids is 2. The predicted molar refractivity (Wildman–Crippen MR) is 125 cm³/mol. The van der Waals surface area contributed by atoms with E-state index in [9.17, 15) is 9.59 Å². The Kier molecular flexibility index (Phi) is 7.07. The molecule has 0 aromatic carbocycles. The Balaban J connectivity index is 1.07. The van der Waals surface area contributed by atoms with E-state index in [1.807, 2.05) is 13.8 Å². The molecule has 0 N–H and O–H groups in total. The van der Waals surface area contributed by atoms with Crippen molar-refractivity contribution in [2.75, 3.05) is 13.4 Å². The van der Waals surface area contributed by atoms with E-state index in [-0.39, 0.29) is 36.7 Å². The van der Waals surface area contributed by atoms with Crippen molar-refractivity contribution >= 4 is 11.9 Å². The maximum absolute atomic E-state index is 12.9. The lowest BCUT2D eigenvalue weighted by Crippen LogP contribution is -2.34. The molecule has 5 aliphatic carbocycles. The Morgan fingerprint density at radius 3 is 2.45 bits per heavy atom. The van der Waals surface area contributed by atoms with Crippen LogP contribution in [-0.2, 0) is 23.8 Å². The Morgan fingerprint density at radius 2 is 1.76 bits per heavy atom. The third-order valence-electron chi connectivity index (χ3n) is 10.2. The third kappa shape index (κ3) is 4.73. The standard InChI is InChI=1S/C28H44O5/c1-4-22(33-27(29)16(2)3)11-19-7-8-23-24-12-20(26(19)23)13-25(24)28(30)32-15-31-14-21-10-17-5-6-18(21)9-17/h16-26H,4-15H2,1-3H3. The molecule has 5 fully saturated rings. The second-order valence-corrected chi connectivity index (χ2v) is 12.3. The molecular formula is C28H44O5. The van der Waals surface area contributed by atoms with E-state index in [1.165, 1.54) is 44.9 Å². The van der Waals surface area contributed by atoms with Gasteiger partial charge in [0.2, 0.25) is 0 Å². The van der Waals surface area contributed by atoms with E-state index in [2.05, 4.69) is 6.92 Å². The molecule has 33 heavy (non-hydrogen) atoms. The normalized spacial score (nSPS) is 41.5. The summed E-state index contributed by atoms with van der Waals surface area (Å²) in [5.41, 5.74) is 0. The first-order valence-electron chi connectivity index (χ1n) is 13.9. The van der Waals surface area contributed by atoms with Gasteiger partial charge in [0.15, 0.2) is 6.79 Å². The van der Waals surface area contributed by atoms with Crippen molar-refractivity contribution in [1.29, 1.82) is 0 Å². The Morgan fingerprint density at radius 1 is 0.909 bits per heavy atom. The van der Waals surface area contributed by atoms with E-state index in [1.54, 1.807) is 0 Å². The lowest BCUT2D eigenvalue weighted by molar-refractivity contribution is -0.166. The van der Waals surface area contributed by atoms with Crippen LogP contribution in [0.5, 0.6) is 0 Å². The lowest BCUT2D eigenvalue weighted by atomic mass is 9.72. The lowest BCUT2D eigenvalue weighted by Gasteiger charge is -2.34. The maximum Gasteiger partial charge on any atom is 0.311 e. The molecule has 0 aromatic rings. The molecule has 0 amide bonds. The highest BCUT2D eigenvalue weighted by Crippen LogP contribution is 2.63. The van der Waals surface area contributed by atoms with Crippen molar-refractivity contribution < 1.29 is 23.8 Å². The highest BCUT2D eigenvalue weighted by molar-refractivity contribution is 5.73. The number of esters is 2. The zero-order valence-corrected chi connectivity index (χ0v) is 20.9.